The topological polar surface area (TPSA) is 83.3 Å². The van der Waals surface area contributed by atoms with E-state index in [1.165, 1.54) is 12.8 Å². The van der Waals surface area contributed by atoms with Gasteiger partial charge in [0.1, 0.15) is 5.52 Å². The third-order valence-corrected chi connectivity index (χ3v) is 5.54. The second-order valence-corrected chi connectivity index (χ2v) is 7.24. The average Bonchev–Trinajstić information content (AvgIpc) is 3.12. The van der Waals surface area contributed by atoms with Gasteiger partial charge >= 0.3 is 0 Å². The molecule has 3 aliphatic rings. The lowest BCUT2D eigenvalue weighted by Crippen LogP contribution is -2.56. The van der Waals surface area contributed by atoms with Crippen LogP contribution in [-0.4, -0.2) is 40.0 Å². The number of hydrogen-bond acceptors (Lipinski definition) is 6. The summed E-state index contributed by atoms with van der Waals surface area (Å²) in [6.07, 6.45) is 7.04. The first-order valence-corrected chi connectivity index (χ1v) is 9.38. The Labute approximate surface area is 156 Å². The van der Waals surface area contributed by atoms with Crippen molar-refractivity contribution in [2.75, 3.05) is 18.4 Å². The van der Waals surface area contributed by atoms with Crippen molar-refractivity contribution >= 4 is 28.7 Å². The Morgan fingerprint density at radius 2 is 1.96 bits per heavy atom. The van der Waals surface area contributed by atoms with Gasteiger partial charge in [-0.15, -0.1) is 0 Å². The molecule has 3 aromatic rings. The zero-order valence-corrected chi connectivity index (χ0v) is 14.9. The number of rotatable bonds is 4. The Morgan fingerprint density at radius 3 is 2.70 bits per heavy atom. The van der Waals surface area contributed by atoms with E-state index in [2.05, 4.69) is 25.5 Å². The molecule has 27 heavy (non-hydrogen) atoms. The Morgan fingerprint density at radius 1 is 1.15 bits per heavy atom. The molecule has 7 heteroatoms. The molecule has 138 valence electrons. The van der Waals surface area contributed by atoms with Gasteiger partial charge < -0.3 is 15.1 Å². The summed E-state index contributed by atoms with van der Waals surface area (Å²) in [6.45, 7) is 2.15. The smallest absolute Gasteiger partial charge is 0.300 e. The van der Waals surface area contributed by atoms with Gasteiger partial charge in [-0.05, 0) is 49.4 Å². The Kier molecular flexibility index (Phi) is 4.01. The maximum Gasteiger partial charge on any atom is 0.300 e. The van der Waals surface area contributed by atoms with Crippen molar-refractivity contribution in [3.05, 3.63) is 48.3 Å². The van der Waals surface area contributed by atoms with E-state index in [0.717, 1.165) is 31.1 Å². The van der Waals surface area contributed by atoms with Crippen LogP contribution in [0.2, 0.25) is 0 Å². The molecule has 3 saturated heterocycles. The van der Waals surface area contributed by atoms with Gasteiger partial charge in [-0.2, -0.15) is 4.98 Å². The van der Waals surface area contributed by atoms with E-state index in [4.69, 9.17) is 4.42 Å². The monoisotopic (exact) mass is 363 g/mol. The van der Waals surface area contributed by atoms with E-state index >= 15 is 0 Å². The minimum atomic E-state index is -0.0955. The molecule has 6 rings (SSSR count). The number of carbonyl (C=O) groups is 1. The maximum absolute atomic E-state index is 12.9. The normalized spacial score (nSPS) is 24.1. The fourth-order valence-electron chi connectivity index (χ4n) is 4.09. The van der Waals surface area contributed by atoms with Gasteiger partial charge in [0, 0.05) is 31.2 Å². The number of oxazole rings is 1. The highest BCUT2D eigenvalue weighted by Gasteiger charge is 2.34. The van der Waals surface area contributed by atoms with Crippen LogP contribution in [0.3, 0.4) is 0 Å². The van der Waals surface area contributed by atoms with E-state index in [1.807, 2.05) is 24.3 Å². The highest BCUT2D eigenvalue weighted by molar-refractivity contribution is 6.04. The van der Waals surface area contributed by atoms with E-state index in [0.29, 0.717) is 22.7 Å². The molecular formula is C20H21N5O2. The number of carbonyl (C=O) groups excluding carboxylic acids is 1. The number of nitrogens with zero attached hydrogens (tertiary/aromatic N) is 3. The van der Waals surface area contributed by atoms with Crippen LogP contribution in [0.5, 0.6) is 0 Å². The molecule has 0 radical (unpaired) electrons. The summed E-state index contributed by atoms with van der Waals surface area (Å²) in [6, 6.07) is 9.46. The summed E-state index contributed by atoms with van der Waals surface area (Å²) in [5.41, 5.74) is 2.53. The Balaban J connectivity index is 1.39. The van der Waals surface area contributed by atoms with E-state index < -0.39 is 0 Å². The standard InChI is InChI=1S/C20H21N5O2/c26-19(23-17-12-13-6-10-25(17)11-7-13)15-2-1-3-16-18(15)24-20(27-16)22-14-4-8-21-9-5-14/h1-5,8-9,13,17H,6-7,10-12H2,(H,23,26)(H,21,22,24)/t17-/m0/s1. The number of piperidine rings is 3. The highest BCUT2D eigenvalue weighted by atomic mass is 16.4. The lowest BCUT2D eigenvalue weighted by Gasteiger charge is -2.45. The second-order valence-electron chi connectivity index (χ2n) is 7.24. The highest BCUT2D eigenvalue weighted by Crippen LogP contribution is 2.31. The number of pyridine rings is 1. The van der Waals surface area contributed by atoms with Gasteiger partial charge in [0.25, 0.3) is 11.9 Å². The van der Waals surface area contributed by atoms with Gasteiger partial charge in [0.2, 0.25) is 0 Å². The lowest BCUT2D eigenvalue weighted by atomic mass is 9.86. The zero-order valence-electron chi connectivity index (χ0n) is 14.9. The first-order valence-electron chi connectivity index (χ1n) is 9.38. The SMILES string of the molecule is O=C(N[C@@H]1CC2CCN1CC2)c1cccc2oc(Nc3ccncc3)nc12. The number of nitrogens with one attached hydrogen (secondary N) is 2. The number of fused-ring (bicyclic) bond motifs is 4. The van der Waals surface area contributed by atoms with E-state index in [9.17, 15) is 4.79 Å². The lowest BCUT2D eigenvalue weighted by molar-refractivity contribution is 0.0295. The molecule has 3 aliphatic heterocycles. The summed E-state index contributed by atoms with van der Waals surface area (Å²) >= 11 is 0. The van der Waals surface area contributed by atoms with Crippen molar-refractivity contribution in [2.24, 2.45) is 5.92 Å². The van der Waals surface area contributed by atoms with Crippen LogP contribution in [0, 0.1) is 5.92 Å². The van der Waals surface area contributed by atoms with Crippen LogP contribution in [0.4, 0.5) is 11.7 Å². The van der Waals surface area contributed by atoms with Gasteiger partial charge in [0.15, 0.2) is 5.58 Å². The number of benzene rings is 1. The van der Waals surface area contributed by atoms with Crippen LogP contribution in [0.25, 0.3) is 11.1 Å². The van der Waals surface area contributed by atoms with Crippen LogP contribution in [0.1, 0.15) is 29.6 Å². The summed E-state index contributed by atoms with van der Waals surface area (Å²) in [5, 5.41) is 6.30. The van der Waals surface area contributed by atoms with Crippen molar-refractivity contribution in [2.45, 2.75) is 25.4 Å². The summed E-state index contributed by atoms with van der Waals surface area (Å²) in [4.78, 5) is 23.8. The number of para-hydroxylation sites is 1. The molecule has 5 heterocycles. The molecular weight excluding hydrogens is 342 g/mol. The van der Waals surface area contributed by atoms with Crippen molar-refractivity contribution < 1.29 is 9.21 Å². The Hall–Kier alpha value is -2.93. The Bertz CT molecular complexity index is 963. The van der Waals surface area contributed by atoms with Gasteiger partial charge in [-0.1, -0.05) is 6.07 Å². The van der Waals surface area contributed by atoms with Crippen molar-refractivity contribution in [3.63, 3.8) is 0 Å². The van der Waals surface area contributed by atoms with Crippen LogP contribution >= 0.6 is 0 Å². The van der Waals surface area contributed by atoms with Gasteiger partial charge in [0.05, 0.1) is 11.7 Å². The molecule has 0 aliphatic carbocycles. The molecule has 0 spiro atoms. The van der Waals surface area contributed by atoms with Gasteiger partial charge in [-0.3, -0.25) is 14.7 Å². The third kappa shape index (κ3) is 3.14. The fourth-order valence-corrected chi connectivity index (χ4v) is 4.09. The van der Waals surface area contributed by atoms with E-state index in [-0.39, 0.29) is 12.1 Å². The number of amides is 1. The molecule has 1 atom stereocenters. The van der Waals surface area contributed by atoms with Crippen LogP contribution in [-0.2, 0) is 0 Å². The number of aromatic nitrogens is 2. The minimum Gasteiger partial charge on any atom is -0.423 e. The predicted octanol–water partition coefficient (Wildman–Crippen LogP) is 3.14. The second kappa shape index (κ2) is 6.66. The first kappa shape index (κ1) is 16.3. The summed E-state index contributed by atoms with van der Waals surface area (Å²) in [7, 11) is 0. The van der Waals surface area contributed by atoms with E-state index in [1.54, 1.807) is 18.5 Å². The average molecular weight is 363 g/mol. The molecule has 1 aromatic carbocycles. The number of anilines is 2. The molecule has 7 nitrogen and oxygen atoms in total. The number of hydrogen-bond donors (Lipinski definition) is 2. The van der Waals surface area contributed by atoms with Crippen molar-refractivity contribution in [1.82, 2.24) is 20.2 Å². The molecule has 2 aromatic heterocycles. The minimum absolute atomic E-state index is 0.0955. The molecule has 2 N–H and O–H groups in total. The summed E-state index contributed by atoms with van der Waals surface area (Å²) < 4.78 is 5.77. The predicted molar refractivity (Wildman–Crippen MR) is 102 cm³/mol. The third-order valence-electron chi connectivity index (χ3n) is 5.54. The van der Waals surface area contributed by atoms with Gasteiger partial charge in [-0.25, -0.2) is 0 Å². The van der Waals surface area contributed by atoms with Crippen molar-refractivity contribution in [3.8, 4) is 0 Å². The van der Waals surface area contributed by atoms with Crippen molar-refractivity contribution in [1.29, 1.82) is 0 Å². The largest absolute Gasteiger partial charge is 0.423 e. The quantitative estimate of drug-likeness (QED) is 0.741. The van der Waals surface area contributed by atoms with Crippen LogP contribution < -0.4 is 10.6 Å². The fraction of sp³-hybridized carbons (Fsp3) is 0.350. The first-order chi connectivity index (χ1) is 13.3. The molecule has 3 fully saturated rings. The van der Waals surface area contributed by atoms with Crippen LogP contribution in [0.15, 0.2) is 47.1 Å². The summed E-state index contributed by atoms with van der Waals surface area (Å²) in [5.74, 6) is 0.640. The molecule has 0 unspecified atom stereocenters. The molecule has 1 amide bonds. The maximum atomic E-state index is 12.9. The molecule has 2 bridgehead atoms. The zero-order chi connectivity index (χ0) is 18.2. The molecule has 0 saturated carbocycles.